The van der Waals surface area contributed by atoms with Gasteiger partial charge in [0.25, 0.3) is 0 Å². The zero-order valence-electron chi connectivity index (χ0n) is 17.4. The van der Waals surface area contributed by atoms with Gasteiger partial charge in [0.2, 0.25) is 5.91 Å². The molecule has 1 N–H and O–H groups in total. The van der Waals surface area contributed by atoms with E-state index in [2.05, 4.69) is 17.5 Å². The summed E-state index contributed by atoms with van der Waals surface area (Å²) in [5.41, 5.74) is 4.63. The lowest BCUT2D eigenvalue weighted by molar-refractivity contribution is -0.123. The Morgan fingerprint density at radius 1 is 1.27 bits per heavy atom. The van der Waals surface area contributed by atoms with Crippen LogP contribution in [0, 0.1) is 17.3 Å². The highest BCUT2D eigenvalue weighted by molar-refractivity contribution is 6.31. The molecule has 2 aromatic rings. The lowest BCUT2D eigenvalue weighted by atomic mass is 9.90. The van der Waals surface area contributed by atoms with Crippen molar-refractivity contribution in [3.8, 4) is 11.5 Å². The molecule has 0 aliphatic heterocycles. The van der Waals surface area contributed by atoms with Crippen molar-refractivity contribution in [2.45, 2.75) is 39.2 Å². The molecule has 2 aliphatic carbocycles. The van der Waals surface area contributed by atoms with E-state index < -0.39 is 0 Å². The highest BCUT2D eigenvalue weighted by Crippen LogP contribution is 2.66. The molecule has 0 unspecified atom stereocenters. The first-order valence-electron chi connectivity index (χ1n) is 10.4. The van der Waals surface area contributed by atoms with Crippen LogP contribution in [0.1, 0.15) is 43.7 Å². The van der Waals surface area contributed by atoms with Crippen LogP contribution in [0.2, 0.25) is 5.02 Å². The van der Waals surface area contributed by atoms with Crippen molar-refractivity contribution in [3.05, 3.63) is 58.6 Å². The maximum absolute atomic E-state index is 12.5. The van der Waals surface area contributed by atoms with Gasteiger partial charge in [-0.2, -0.15) is 5.10 Å². The van der Waals surface area contributed by atoms with E-state index in [0.29, 0.717) is 29.0 Å². The van der Waals surface area contributed by atoms with E-state index in [-0.39, 0.29) is 17.2 Å². The Bertz CT molecular complexity index is 961. The Morgan fingerprint density at radius 3 is 2.83 bits per heavy atom. The molecule has 3 atom stereocenters. The summed E-state index contributed by atoms with van der Waals surface area (Å²) < 4.78 is 11.3. The third-order valence-corrected chi connectivity index (χ3v) is 6.90. The van der Waals surface area contributed by atoms with E-state index in [1.54, 1.807) is 13.3 Å². The van der Waals surface area contributed by atoms with Crippen molar-refractivity contribution in [2.24, 2.45) is 22.4 Å². The first-order chi connectivity index (χ1) is 14.5. The summed E-state index contributed by atoms with van der Waals surface area (Å²) in [7, 11) is 1.59. The number of hydrogen-bond acceptors (Lipinski definition) is 4. The number of benzene rings is 2. The fourth-order valence-electron chi connectivity index (χ4n) is 4.75. The predicted molar refractivity (Wildman–Crippen MR) is 118 cm³/mol. The molecule has 2 aliphatic rings. The molecule has 2 fully saturated rings. The number of hydrogen-bond donors (Lipinski definition) is 1. The second-order valence-corrected chi connectivity index (χ2v) is 8.77. The molecule has 2 saturated carbocycles. The molecule has 4 rings (SSSR count). The van der Waals surface area contributed by atoms with Crippen LogP contribution >= 0.6 is 11.6 Å². The van der Waals surface area contributed by atoms with Crippen LogP contribution < -0.4 is 14.9 Å². The summed E-state index contributed by atoms with van der Waals surface area (Å²) in [5.74, 6) is 1.88. The van der Waals surface area contributed by atoms with Crippen LogP contribution in [0.3, 0.4) is 0 Å². The van der Waals surface area contributed by atoms with Gasteiger partial charge in [-0.15, -0.1) is 0 Å². The molecule has 0 radical (unpaired) electrons. The van der Waals surface area contributed by atoms with E-state index >= 15 is 0 Å². The monoisotopic (exact) mass is 426 g/mol. The zero-order valence-corrected chi connectivity index (χ0v) is 18.1. The van der Waals surface area contributed by atoms with Crippen molar-refractivity contribution in [3.63, 3.8) is 0 Å². The van der Waals surface area contributed by atoms with E-state index in [9.17, 15) is 4.79 Å². The maximum atomic E-state index is 12.5. The average Bonchev–Trinajstić information content (AvgIpc) is 3.39. The predicted octanol–water partition coefficient (Wildman–Crippen LogP) is 5.20. The Balaban J connectivity index is 1.35. The van der Waals surface area contributed by atoms with Gasteiger partial charge in [-0.05, 0) is 54.0 Å². The van der Waals surface area contributed by atoms with Crippen molar-refractivity contribution >= 4 is 23.7 Å². The number of fused-ring (bicyclic) bond motifs is 1. The van der Waals surface area contributed by atoms with E-state index in [0.717, 1.165) is 24.0 Å². The molecule has 0 bridgehead atoms. The number of nitrogens with one attached hydrogen (secondary N) is 1. The number of methoxy groups -OCH3 is 1. The number of carbonyl (C=O) groups is 1. The fraction of sp³-hybridized carbons (Fsp3) is 0.417. The largest absolute Gasteiger partial charge is 0.493 e. The summed E-state index contributed by atoms with van der Waals surface area (Å²) in [6.45, 7) is 2.58. The van der Waals surface area contributed by atoms with Crippen molar-refractivity contribution in [1.82, 2.24) is 5.43 Å². The van der Waals surface area contributed by atoms with Crippen molar-refractivity contribution < 1.29 is 14.3 Å². The minimum absolute atomic E-state index is 0.0345. The van der Waals surface area contributed by atoms with Gasteiger partial charge >= 0.3 is 0 Å². The molecule has 5 nitrogen and oxygen atoms in total. The molecule has 158 valence electrons. The first-order valence-corrected chi connectivity index (χ1v) is 10.8. The number of halogens is 1. The number of nitrogens with zero attached hydrogens (tertiary/aromatic N) is 1. The molecule has 0 spiro atoms. The Labute approximate surface area is 182 Å². The van der Waals surface area contributed by atoms with Crippen LogP contribution in [0.25, 0.3) is 0 Å². The summed E-state index contributed by atoms with van der Waals surface area (Å²) in [4.78, 5) is 12.5. The van der Waals surface area contributed by atoms with Gasteiger partial charge in [0.1, 0.15) is 6.61 Å². The minimum atomic E-state index is 0.0345. The van der Waals surface area contributed by atoms with Gasteiger partial charge < -0.3 is 9.47 Å². The highest BCUT2D eigenvalue weighted by atomic mass is 35.5. The van der Waals surface area contributed by atoms with E-state index in [4.69, 9.17) is 21.1 Å². The molecular weight excluding hydrogens is 400 g/mol. The average molecular weight is 427 g/mol. The Hall–Kier alpha value is -2.53. The molecule has 0 saturated heterocycles. The normalized spacial score (nSPS) is 24.9. The van der Waals surface area contributed by atoms with E-state index in [1.165, 1.54) is 12.8 Å². The lowest BCUT2D eigenvalue weighted by Gasteiger charge is -2.15. The van der Waals surface area contributed by atoms with Gasteiger partial charge in [-0.3, -0.25) is 4.79 Å². The second-order valence-electron chi connectivity index (χ2n) is 8.36. The lowest BCUT2D eigenvalue weighted by Crippen LogP contribution is -2.22. The van der Waals surface area contributed by atoms with Gasteiger partial charge in [0, 0.05) is 16.5 Å². The number of rotatable bonds is 7. The summed E-state index contributed by atoms with van der Waals surface area (Å²) in [6, 6.07) is 13.1. The van der Waals surface area contributed by atoms with Crippen LogP contribution in [0.15, 0.2) is 47.6 Å². The highest BCUT2D eigenvalue weighted by Gasteiger charge is 2.64. The number of hydrazone groups is 1. The van der Waals surface area contributed by atoms with Gasteiger partial charge in [-0.1, -0.05) is 49.6 Å². The summed E-state index contributed by atoms with van der Waals surface area (Å²) in [6.07, 6.45) is 6.40. The minimum Gasteiger partial charge on any atom is -0.493 e. The molecule has 0 aromatic heterocycles. The third-order valence-electron chi connectivity index (χ3n) is 6.53. The number of carbonyl (C=O) groups excluding carboxylic acids is 1. The van der Waals surface area contributed by atoms with Gasteiger partial charge in [-0.25, -0.2) is 5.43 Å². The smallest absolute Gasteiger partial charge is 0.244 e. The maximum Gasteiger partial charge on any atom is 0.244 e. The first kappa shape index (κ1) is 20.7. The molecular formula is C24H27ClN2O3. The van der Waals surface area contributed by atoms with Crippen LogP contribution in [0.5, 0.6) is 11.5 Å². The van der Waals surface area contributed by atoms with Crippen LogP contribution in [-0.2, 0) is 11.4 Å². The van der Waals surface area contributed by atoms with E-state index in [1.807, 2.05) is 42.5 Å². The van der Waals surface area contributed by atoms with Crippen molar-refractivity contribution in [1.29, 1.82) is 0 Å². The third kappa shape index (κ3) is 4.17. The SMILES string of the molecule is COc1cc(/C=N\NC(=O)[C@@H]2[C@H]3CCCC[C@@]32C)ccc1OCc1ccccc1Cl. The molecule has 30 heavy (non-hydrogen) atoms. The topological polar surface area (TPSA) is 59.9 Å². The standard InChI is InChI=1S/C24H27ClN2O3/c1-24-12-6-5-8-18(24)22(24)23(28)27-26-14-16-10-11-20(21(13-16)29-2)30-15-17-7-3-4-9-19(17)25/h3-4,7,9-11,13-14,18,22H,5-6,8,12,15H2,1-2H3,(H,27,28)/b26-14-/t18-,22+,24+/m1/s1. The summed E-state index contributed by atoms with van der Waals surface area (Å²) >= 11 is 6.18. The van der Waals surface area contributed by atoms with Crippen LogP contribution in [-0.4, -0.2) is 19.2 Å². The fourth-order valence-corrected chi connectivity index (χ4v) is 4.94. The van der Waals surface area contributed by atoms with Gasteiger partial charge in [0.15, 0.2) is 11.5 Å². The molecule has 2 aromatic carbocycles. The quantitative estimate of drug-likeness (QED) is 0.488. The van der Waals surface area contributed by atoms with Gasteiger partial charge in [0.05, 0.1) is 13.3 Å². The number of ether oxygens (including phenoxy) is 2. The van der Waals surface area contributed by atoms with Crippen LogP contribution in [0.4, 0.5) is 0 Å². The summed E-state index contributed by atoms with van der Waals surface area (Å²) in [5, 5.41) is 4.83. The molecule has 1 amide bonds. The Kier molecular flexibility index (Phi) is 6.00. The molecule has 0 heterocycles. The Morgan fingerprint density at radius 2 is 2.10 bits per heavy atom. The number of amides is 1. The zero-order chi connectivity index (χ0) is 21.1. The molecule has 6 heteroatoms. The van der Waals surface area contributed by atoms with Crippen molar-refractivity contribution in [2.75, 3.05) is 7.11 Å². The second kappa shape index (κ2) is 8.68.